The van der Waals surface area contributed by atoms with E-state index in [0.717, 1.165) is 18.8 Å². The van der Waals surface area contributed by atoms with Gasteiger partial charge in [-0.3, -0.25) is 0 Å². The van der Waals surface area contributed by atoms with Crippen LogP contribution in [0.15, 0.2) is 30.3 Å². The predicted molar refractivity (Wildman–Crippen MR) is 86.0 cm³/mol. The van der Waals surface area contributed by atoms with Crippen LogP contribution in [0, 0.1) is 5.92 Å². The van der Waals surface area contributed by atoms with E-state index in [4.69, 9.17) is 4.74 Å². The molecule has 1 aromatic rings. The van der Waals surface area contributed by atoms with Gasteiger partial charge in [-0.25, -0.2) is 4.79 Å². The molecule has 20 heavy (non-hydrogen) atoms. The molecule has 1 aliphatic carbocycles. The lowest BCUT2D eigenvalue weighted by atomic mass is 9.89. The number of hydrogen-bond acceptors (Lipinski definition) is 2. The number of carbonyl (C=O) groups is 1. The molecule has 1 aromatic carbocycles. The van der Waals surface area contributed by atoms with Crippen LogP contribution in [0.2, 0.25) is 0 Å². The topological polar surface area (TPSA) is 26.3 Å². The van der Waals surface area contributed by atoms with Crippen molar-refractivity contribution in [3.8, 4) is 0 Å². The number of esters is 1. The monoisotopic (exact) mass is 278 g/mol. The Bertz CT molecular complexity index is 338. The normalized spacial score (nSPS) is 20.6. The molecule has 0 radical (unpaired) electrons. The van der Waals surface area contributed by atoms with Gasteiger partial charge in [0.1, 0.15) is 6.10 Å². The molecule has 0 amide bonds. The first-order valence-electron chi connectivity index (χ1n) is 8.01. The van der Waals surface area contributed by atoms with Crippen LogP contribution in [0.5, 0.6) is 0 Å². The largest absolute Gasteiger partial charge is 0.459 e. The van der Waals surface area contributed by atoms with Crippen LogP contribution < -0.4 is 0 Å². The highest BCUT2D eigenvalue weighted by Crippen LogP contribution is 2.26. The highest BCUT2D eigenvalue weighted by molar-refractivity contribution is 5.89. The van der Waals surface area contributed by atoms with Gasteiger partial charge in [-0.15, -0.1) is 0 Å². The van der Waals surface area contributed by atoms with Crippen molar-refractivity contribution >= 4 is 5.97 Å². The first-order valence-corrected chi connectivity index (χ1v) is 8.01. The van der Waals surface area contributed by atoms with Crippen LogP contribution >= 0.6 is 0 Å². The second-order valence-electron chi connectivity index (χ2n) is 4.65. The van der Waals surface area contributed by atoms with Crippen LogP contribution in [0.4, 0.5) is 0 Å². The Morgan fingerprint density at radius 2 is 1.45 bits per heavy atom. The van der Waals surface area contributed by atoms with E-state index in [1.165, 1.54) is 12.8 Å². The molecule has 0 aliphatic heterocycles. The van der Waals surface area contributed by atoms with Gasteiger partial charge in [0.15, 0.2) is 0 Å². The molecule has 0 heterocycles. The van der Waals surface area contributed by atoms with Gasteiger partial charge in [-0.1, -0.05) is 52.8 Å². The van der Waals surface area contributed by atoms with E-state index in [1.54, 1.807) is 12.1 Å². The summed E-state index contributed by atoms with van der Waals surface area (Å²) in [6.45, 7) is 10.3. The van der Waals surface area contributed by atoms with Gasteiger partial charge < -0.3 is 4.74 Å². The third-order valence-corrected chi connectivity index (χ3v) is 3.25. The van der Waals surface area contributed by atoms with Gasteiger partial charge in [0.2, 0.25) is 0 Å². The summed E-state index contributed by atoms with van der Waals surface area (Å²) in [6, 6.07) is 9.22. The smallest absolute Gasteiger partial charge is 0.338 e. The average Bonchev–Trinajstić information content (AvgIpc) is 2.54. The van der Waals surface area contributed by atoms with Crippen molar-refractivity contribution in [2.45, 2.75) is 66.4 Å². The van der Waals surface area contributed by atoms with E-state index >= 15 is 0 Å². The summed E-state index contributed by atoms with van der Waals surface area (Å²) in [6.07, 6.45) is 4.50. The standard InChI is InChI=1S/C14H18O2.2C2H6/c1-11-7-9-13(10-8-11)16-14(15)12-5-3-2-4-6-12;2*1-2/h2-6,11,13H,7-10H2,1H3;2*1-2H3. The molecular weight excluding hydrogens is 248 g/mol. The minimum atomic E-state index is -0.180. The molecule has 1 aliphatic rings. The second kappa shape index (κ2) is 11.5. The summed E-state index contributed by atoms with van der Waals surface area (Å²) in [5.41, 5.74) is 0.654. The second-order valence-corrected chi connectivity index (χ2v) is 4.65. The first-order chi connectivity index (χ1) is 9.75. The molecule has 0 spiro atoms. The molecule has 2 rings (SSSR count). The summed E-state index contributed by atoms with van der Waals surface area (Å²) >= 11 is 0. The van der Waals surface area contributed by atoms with Gasteiger partial charge >= 0.3 is 5.97 Å². The van der Waals surface area contributed by atoms with E-state index in [-0.39, 0.29) is 12.1 Å². The molecule has 0 saturated heterocycles. The maximum atomic E-state index is 11.8. The van der Waals surface area contributed by atoms with E-state index in [2.05, 4.69) is 6.92 Å². The summed E-state index contributed by atoms with van der Waals surface area (Å²) < 4.78 is 5.49. The number of ether oxygens (including phenoxy) is 1. The quantitative estimate of drug-likeness (QED) is 0.670. The molecule has 1 saturated carbocycles. The average molecular weight is 278 g/mol. The summed E-state index contributed by atoms with van der Waals surface area (Å²) in [5.74, 6) is 0.604. The molecular formula is C18H30O2. The molecule has 0 bridgehead atoms. The van der Waals surface area contributed by atoms with Crippen molar-refractivity contribution in [3.05, 3.63) is 35.9 Å². The fourth-order valence-corrected chi connectivity index (χ4v) is 2.14. The molecule has 0 atom stereocenters. The van der Waals surface area contributed by atoms with Crippen LogP contribution in [-0.4, -0.2) is 12.1 Å². The third-order valence-electron chi connectivity index (χ3n) is 3.25. The lowest BCUT2D eigenvalue weighted by molar-refractivity contribution is 0.0174. The van der Waals surface area contributed by atoms with Crippen molar-refractivity contribution in [1.29, 1.82) is 0 Å². The first kappa shape index (κ1) is 18.7. The Kier molecular flexibility index (Phi) is 10.8. The van der Waals surface area contributed by atoms with Crippen molar-refractivity contribution in [2.75, 3.05) is 0 Å². The zero-order chi connectivity index (χ0) is 15.4. The number of hydrogen-bond donors (Lipinski definition) is 0. The molecule has 1 fully saturated rings. The molecule has 114 valence electrons. The van der Waals surface area contributed by atoms with E-state index in [1.807, 2.05) is 45.9 Å². The van der Waals surface area contributed by atoms with Crippen LogP contribution in [0.1, 0.15) is 70.7 Å². The highest BCUT2D eigenvalue weighted by atomic mass is 16.5. The Hall–Kier alpha value is -1.31. The fraction of sp³-hybridized carbons (Fsp3) is 0.611. The van der Waals surface area contributed by atoms with Crippen LogP contribution in [-0.2, 0) is 4.74 Å². The number of carbonyl (C=O) groups excluding carboxylic acids is 1. The van der Waals surface area contributed by atoms with Crippen molar-refractivity contribution in [3.63, 3.8) is 0 Å². The number of rotatable bonds is 2. The SMILES string of the molecule is CC.CC.CC1CCC(OC(=O)c2ccccc2)CC1. The van der Waals surface area contributed by atoms with Gasteiger partial charge in [0.25, 0.3) is 0 Å². The maximum absolute atomic E-state index is 11.8. The Morgan fingerprint density at radius 1 is 0.950 bits per heavy atom. The summed E-state index contributed by atoms with van der Waals surface area (Å²) in [4.78, 5) is 11.8. The van der Waals surface area contributed by atoms with Crippen molar-refractivity contribution < 1.29 is 9.53 Å². The fourth-order valence-electron chi connectivity index (χ4n) is 2.14. The molecule has 0 aromatic heterocycles. The van der Waals surface area contributed by atoms with E-state index < -0.39 is 0 Å². The number of benzene rings is 1. The lowest BCUT2D eigenvalue weighted by Crippen LogP contribution is -2.23. The molecule has 0 N–H and O–H groups in total. The van der Waals surface area contributed by atoms with Gasteiger partial charge in [-0.05, 0) is 43.7 Å². The van der Waals surface area contributed by atoms with Crippen LogP contribution in [0.3, 0.4) is 0 Å². The molecule has 2 nitrogen and oxygen atoms in total. The van der Waals surface area contributed by atoms with Crippen molar-refractivity contribution in [1.82, 2.24) is 0 Å². The zero-order valence-electron chi connectivity index (χ0n) is 13.7. The van der Waals surface area contributed by atoms with Crippen molar-refractivity contribution in [2.24, 2.45) is 5.92 Å². The highest BCUT2D eigenvalue weighted by Gasteiger charge is 2.21. The van der Waals surface area contributed by atoms with Gasteiger partial charge in [-0.2, -0.15) is 0 Å². The predicted octanol–water partition coefficient (Wildman–Crippen LogP) is 5.47. The minimum Gasteiger partial charge on any atom is -0.459 e. The lowest BCUT2D eigenvalue weighted by Gasteiger charge is -2.25. The van der Waals surface area contributed by atoms with E-state index in [0.29, 0.717) is 5.56 Å². The molecule has 2 heteroatoms. The summed E-state index contributed by atoms with van der Waals surface area (Å²) in [7, 11) is 0. The van der Waals surface area contributed by atoms with Crippen LogP contribution in [0.25, 0.3) is 0 Å². The minimum absolute atomic E-state index is 0.129. The third kappa shape index (κ3) is 6.74. The maximum Gasteiger partial charge on any atom is 0.338 e. The Balaban J connectivity index is 0.000000829. The Labute approximate surface area is 124 Å². The van der Waals surface area contributed by atoms with E-state index in [9.17, 15) is 4.79 Å². The zero-order valence-corrected chi connectivity index (χ0v) is 13.7. The van der Waals surface area contributed by atoms with Gasteiger partial charge in [0.05, 0.1) is 5.56 Å². The molecule has 0 unspecified atom stereocenters. The Morgan fingerprint density at radius 3 is 1.95 bits per heavy atom. The summed E-state index contributed by atoms with van der Waals surface area (Å²) in [5, 5.41) is 0. The van der Waals surface area contributed by atoms with Gasteiger partial charge in [0, 0.05) is 0 Å².